The molecule has 0 aromatic heterocycles. The molecule has 2 unspecified atom stereocenters. The van der Waals surface area contributed by atoms with E-state index in [1.807, 2.05) is 13.8 Å². The number of rotatable bonds is 3. The maximum absolute atomic E-state index is 14.2. The summed E-state index contributed by atoms with van der Waals surface area (Å²) in [7, 11) is 0. The molecule has 2 heteroatoms. The fourth-order valence-electron chi connectivity index (χ4n) is 3.29. The molecule has 0 amide bonds. The van der Waals surface area contributed by atoms with E-state index in [0.717, 1.165) is 36.9 Å². The van der Waals surface area contributed by atoms with Crippen LogP contribution >= 0.6 is 0 Å². The largest absolute Gasteiger partial charge is 0.310 e. The number of fused-ring (bicyclic) bond motifs is 1. The van der Waals surface area contributed by atoms with Gasteiger partial charge in [0.05, 0.1) is 0 Å². The summed E-state index contributed by atoms with van der Waals surface area (Å²) in [4.78, 5) is 0. The van der Waals surface area contributed by atoms with Crippen LogP contribution in [0.5, 0.6) is 0 Å². The minimum Gasteiger partial charge on any atom is -0.310 e. The van der Waals surface area contributed by atoms with Crippen LogP contribution in [0.2, 0.25) is 0 Å². The molecule has 0 spiro atoms. The zero-order valence-electron chi connectivity index (χ0n) is 12.6. The molecule has 0 aliphatic heterocycles. The van der Waals surface area contributed by atoms with Gasteiger partial charge in [0.15, 0.2) is 0 Å². The van der Waals surface area contributed by atoms with E-state index in [0.29, 0.717) is 12.0 Å². The van der Waals surface area contributed by atoms with Gasteiger partial charge in [0.2, 0.25) is 0 Å². The topological polar surface area (TPSA) is 12.0 Å². The highest BCUT2D eigenvalue weighted by atomic mass is 19.1. The molecular weight excluding hydrogens is 237 g/mol. The van der Waals surface area contributed by atoms with Crippen molar-refractivity contribution in [3.8, 4) is 0 Å². The lowest BCUT2D eigenvalue weighted by atomic mass is 9.91. The van der Waals surface area contributed by atoms with Gasteiger partial charge < -0.3 is 5.32 Å². The summed E-state index contributed by atoms with van der Waals surface area (Å²) in [5.41, 5.74) is 4.24. The van der Waals surface area contributed by atoms with Crippen LogP contribution in [0.1, 0.15) is 61.4 Å². The lowest BCUT2D eigenvalue weighted by Gasteiger charge is -2.23. The van der Waals surface area contributed by atoms with E-state index in [2.05, 4.69) is 25.2 Å². The third-order valence-electron chi connectivity index (χ3n) is 4.35. The summed E-state index contributed by atoms with van der Waals surface area (Å²) in [5, 5.41) is 3.62. The van der Waals surface area contributed by atoms with Gasteiger partial charge in [0.1, 0.15) is 5.82 Å². The first-order chi connectivity index (χ1) is 9.04. The van der Waals surface area contributed by atoms with E-state index in [4.69, 9.17) is 0 Å². The Hall–Kier alpha value is -0.890. The second-order valence-corrected chi connectivity index (χ2v) is 6.09. The fourth-order valence-corrected chi connectivity index (χ4v) is 3.29. The second-order valence-electron chi connectivity index (χ2n) is 6.09. The molecule has 0 saturated heterocycles. The molecule has 2 rings (SSSR count). The predicted molar refractivity (Wildman–Crippen MR) is 79.0 cm³/mol. The van der Waals surface area contributed by atoms with Gasteiger partial charge in [-0.1, -0.05) is 19.9 Å². The number of halogens is 1. The zero-order valence-corrected chi connectivity index (χ0v) is 12.6. The van der Waals surface area contributed by atoms with Crippen molar-refractivity contribution < 1.29 is 4.39 Å². The van der Waals surface area contributed by atoms with Crippen LogP contribution in [0, 0.1) is 25.6 Å². The van der Waals surface area contributed by atoms with Gasteiger partial charge in [-0.25, -0.2) is 4.39 Å². The smallest absolute Gasteiger partial charge is 0.129 e. The van der Waals surface area contributed by atoms with E-state index in [1.165, 1.54) is 17.5 Å². The summed E-state index contributed by atoms with van der Waals surface area (Å²) < 4.78 is 14.2. The maximum atomic E-state index is 14.2. The Kier molecular flexibility index (Phi) is 4.62. The number of aryl methyl sites for hydroxylation is 2. The van der Waals surface area contributed by atoms with E-state index >= 15 is 0 Å². The molecule has 0 radical (unpaired) electrons. The Morgan fingerprint density at radius 3 is 2.79 bits per heavy atom. The molecule has 0 saturated carbocycles. The summed E-state index contributed by atoms with van der Waals surface area (Å²) in [6.07, 6.45) is 4.54. The van der Waals surface area contributed by atoms with Crippen LogP contribution in [0.25, 0.3) is 0 Å². The van der Waals surface area contributed by atoms with E-state index in [9.17, 15) is 4.39 Å². The van der Waals surface area contributed by atoms with Crippen LogP contribution in [0.3, 0.4) is 0 Å². The van der Waals surface area contributed by atoms with E-state index in [1.54, 1.807) is 0 Å². The average molecular weight is 263 g/mol. The first kappa shape index (κ1) is 14.5. The number of hydrogen-bond acceptors (Lipinski definition) is 1. The Bertz CT molecular complexity index is 453. The average Bonchev–Trinajstić information content (AvgIpc) is 2.53. The van der Waals surface area contributed by atoms with Crippen molar-refractivity contribution >= 4 is 0 Å². The van der Waals surface area contributed by atoms with Crippen molar-refractivity contribution in [3.63, 3.8) is 0 Å². The van der Waals surface area contributed by atoms with Gasteiger partial charge in [0.25, 0.3) is 0 Å². The van der Waals surface area contributed by atoms with Gasteiger partial charge in [-0.2, -0.15) is 0 Å². The highest BCUT2D eigenvalue weighted by Crippen LogP contribution is 2.35. The van der Waals surface area contributed by atoms with E-state index in [-0.39, 0.29) is 5.82 Å². The van der Waals surface area contributed by atoms with Crippen LogP contribution < -0.4 is 5.32 Å². The third-order valence-corrected chi connectivity index (χ3v) is 4.35. The van der Waals surface area contributed by atoms with E-state index < -0.39 is 0 Å². The molecule has 1 aliphatic carbocycles. The zero-order chi connectivity index (χ0) is 14.0. The molecule has 1 aliphatic rings. The van der Waals surface area contributed by atoms with Crippen molar-refractivity contribution in [2.24, 2.45) is 5.92 Å². The Morgan fingerprint density at radius 1 is 1.37 bits per heavy atom. The molecule has 106 valence electrons. The molecule has 1 aromatic carbocycles. The summed E-state index contributed by atoms with van der Waals surface area (Å²) in [5.74, 6) is 0.682. The van der Waals surface area contributed by atoms with Crippen LogP contribution in [-0.4, -0.2) is 6.54 Å². The highest BCUT2D eigenvalue weighted by Gasteiger charge is 2.25. The number of nitrogens with one attached hydrogen (secondary N) is 1. The fraction of sp³-hybridized carbons (Fsp3) is 0.647. The standard InChI is InChI=1S/C17H26FN/c1-5-8-19-15-9-11(2)6-7-14-10-12(3)17(18)13(4)16(14)15/h10-11,15,19H,5-9H2,1-4H3. The first-order valence-corrected chi connectivity index (χ1v) is 7.56. The Labute approximate surface area is 116 Å². The summed E-state index contributed by atoms with van der Waals surface area (Å²) >= 11 is 0. The minimum atomic E-state index is -0.0170. The van der Waals surface area contributed by atoms with Crippen LogP contribution in [0.15, 0.2) is 6.07 Å². The molecule has 2 atom stereocenters. The molecule has 1 nitrogen and oxygen atoms in total. The van der Waals surface area contributed by atoms with Crippen molar-refractivity contribution in [2.75, 3.05) is 6.54 Å². The summed E-state index contributed by atoms with van der Waals surface area (Å²) in [6, 6.07) is 2.39. The van der Waals surface area contributed by atoms with Gasteiger partial charge >= 0.3 is 0 Å². The van der Waals surface area contributed by atoms with Gasteiger partial charge in [0, 0.05) is 6.04 Å². The molecular formula is C17H26FN. The van der Waals surface area contributed by atoms with Gasteiger partial charge in [-0.3, -0.25) is 0 Å². The highest BCUT2D eigenvalue weighted by molar-refractivity contribution is 5.42. The Balaban J connectivity index is 2.44. The molecule has 19 heavy (non-hydrogen) atoms. The molecule has 0 bridgehead atoms. The molecule has 1 N–H and O–H groups in total. The SMILES string of the molecule is CCCNC1CC(C)CCc2cc(C)c(F)c(C)c21. The summed E-state index contributed by atoms with van der Waals surface area (Å²) in [6.45, 7) is 9.32. The maximum Gasteiger partial charge on any atom is 0.129 e. The molecule has 1 aromatic rings. The van der Waals surface area contributed by atoms with Crippen molar-refractivity contribution in [2.45, 2.75) is 59.4 Å². The minimum absolute atomic E-state index is 0.0170. The monoisotopic (exact) mass is 263 g/mol. The lowest BCUT2D eigenvalue weighted by molar-refractivity contribution is 0.407. The molecule has 0 fully saturated rings. The van der Waals surface area contributed by atoms with Crippen molar-refractivity contribution in [3.05, 3.63) is 34.1 Å². The molecule has 0 heterocycles. The first-order valence-electron chi connectivity index (χ1n) is 7.56. The third kappa shape index (κ3) is 3.00. The normalized spacial score (nSPS) is 23.0. The number of hydrogen-bond donors (Lipinski definition) is 1. The van der Waals surface area contributed by atoms with Gasteiger partial charge in [-0.15, -0.1) is 0 Å². The second kappa shape index (κ2) is 6.04. The quantitative estimate of drug-likeness (QED) is 0.794. The van der Waals surface area contributed by atoms with Crippen molar-refractivity contribution in [1.29, 1.82) is 0 Å². The van der Waals surface area contributed by atoms with Gasteiger partial charge in [-0.05, 0) is 74.2 Å². The van der Waals surface area contributed by atoms with Crippen LogP contribution in [-0.2, 0) is 6.42 Å². The predicted octanol–water partition coefficient (Wildman–Crippen LogP) is 4.46. The van der Waals surface area contributed by atoms with Crippen molar-refractivity contribution in [1.82, 2.24) is 5.32 Å². The Morgan fingerprint density at radius 2 is 2.11 bits per heavy atom. The number of benzene rings is 1. The van der Waals surface area contributed by atoms with Crippen LogP contribution in [0.4, 0.5) is 4.39 Å². The lowest BCUT2D eigenvalue weighted by Crippen LogP contribution is -2.25.